The van der Waals surface area contributed by atoms with Gasteiger partial charge in [0.25, 0.3) is 0 Å². The van der Waals surface area contributed by atoms with Crippen LogP contribution in [0.3, 0.4) is 0 Å². The van der Waals surface area contributed by atoms with Crippen LogP contribution in [-0.2, 0) is 4.79 Å². The van der Waals surface area contributed by atoms with Gasteiger partial charge in [-0.2, -0.15) is 0 Å². The van der Waals surface area contributed by atoms with Crippen molar-refractivity contribution >= 4 is 5.97 Å². The second-order valence-electron chi connectivity index (χ2n) is 12.5. The van der Waals surface area contributed by atoms with Crippen molar-refractivity contribution in [1.29, 1.82) is 0 Å². The third kappa shape index (κ3) is 6.19. The van der Waals surface area contributed by atoms with Gasteiger partial charge in [0.05, 0.1) is 5.41 Å². The lowest BCUT2D eigenvalue weighted by molar-refractivity contribution is -0.171. The smallest absolute Gasteiger partial charge is 0.310 e. The molecule has 0 bridgehead atoms. The Morgan fingerprint density at radius 2 is 1.24 bits per heavy atom. The highest BCUT2D eigenvalue weighted by Crippen LogP contribution is 2.64. The Bertz CT molecular complexity index is 559. The second kappa shape index (κ2) is 13.0. The number of hydrogen-bond donors (Lipinski definition) is 1. The molecule has 0 saturated heterocycles. The highest BCUT2D eigenvalue weighted by Gasteiger charge is 2.58. The highest BCUT2D eigenvalue weighted by atomic mass is 16.4. The average Bonchev–Trinajstić information content (AvgIpc) is 2.86. The van der Waals surface area contributed by atoms with Crippen molar-refractivity contribution in [3.8, 4) is 0 Å². The lowest BCUT2D eigenvalue weighted by Crippen LogP contribution is -2.53. The number of aliphatic carboxylic acids is 1. The molecule has 2 nitrogen and oxygen atoms in total. The van der Waals surface area contributed by atoms with E-state index in [0.29, 0.717) is 5.41 Å². The number of carboxylic acids is 1. The Balaban J connectivity index is 1.76. The van der Waals surface area contributed by atoms with E-state index in [4.69, 9.17) is 0 Å². The standard InChI is InChI=1S/C31H56O2/c1-3-5-7-8-9-14-19-29(27-17-12-10-13-18-27)23-25-30(26-24-29,20-6-4-2)31(28(32)33)21-15-11-16-22-31/h27H,3-26H2,1-2H3,(H,32,33). The van der Waals surface area contributed by atoms with E-state index in [1.54, 1.807) is 0 Å². The fourth-order valence-electron chi connectivity index (χ4n) is 8.67. The molecule has 0 aromatic rings. The molecular formula is C31H56O2. The van der Waals surface area contributed by atoms with Gasteiger partial charge in [0, 0.05) is 0 Å². The van der Waals surface area contributed by atoms with E-state index in [-0.39, 0.29) is 5.41 Å². The normalized spacial score (nSPS) is 30.8. The second-order valence-corrected chi connectivity index (χ2v) is 12.5. The molecule has 3 saturated carbocycles. The molecule has 3 aliphatic carbocycles. The Kier molecular flexibility index (Phi) is 10.6. The van der Waals surface area contributed by atoms with Gasteiger partial charge in [-0.25, -0.2) is 0 Å². The molecule has 0 aromatic carbocycles. The fraction of sp³-hybridized carbons (Fsp3) is 0.968. The molecule has 0 atom stereocenters. The summed E-state index contributed by atoms with van der Waals surface area (Å²) in [6.07, 6.45) is 31.0. The molecule has 192 valence electrons. The molecule has 0 unspecified atom stereocenters. The van der Waals surface area contributed by atoms with Crippen LogP contribution in [0.1, 0.15) is 168 Å². The third-order valence-electron chi connectivity index (χ3n) is 10.8. The molecule has 0 spiro atoms. The van der Waals surface area contributed by atoms with Crippen LogP contribution in [-0.4, -0.2) is 11.1 Å². The Hall–Kier alpha value is -0.530. The monoisotopic (exact) mass is 460 g/mol. The van der Waals surface area contributed by atoms with Crippen LogP contribution in [0.2, 0.25) is 0 Å². The summed E-state index contributed by atoms with van der Waals surface area (Å²) >= 11 is 0. The number of carboxylic acid groups (broad SMARTS) is 1. The number of carbonyl (C=O) groups is 1. The van der Waals surface area contributed by atoms with E-state index in [0.717, 1.165) is 38.0 Å². The maximum absolute atomic E-state index is 12.9. The molecule has 2 heteroatoms. The molecule has 0 aromatic heterocycles. The third-order valence-corrected chi connectivity index (χ3v) is 10.8. The number of unbranched alkanes of at least 4 members (excludes halogenated alkanes) is 6. The minimum atomic E-state index is -0.445. The number of hydrogen-bond acceptors (Lipinski definition) is 1. The minimum absolute atomic E-state index is 0.0640. The summed E-state index contributed by atoms with van der Waals surface area (Å²) in [4.78, 5) is 12.9. The molecule has 0 radical (unpaired) electrons. The molecule has 0 heterocycles. The van der Waals surface area contributed by atoms with Gasteiger partial charge >= 0.3 is 5.97 Å². The van der Waals surface area contributed by atoms with E-state index in [2.05, 4.69) is 13.8 Å². The summed E-state index contributed by atoms with van der Waals surface area (Å²) < 4.78 is 0. The van der Waals surface area contributed by atoms with Gasteiger partial charge in [0.15, 0.2) is 0 Å². The van der Waals surface area contributed by atoms with E-state index >= 15 is 0 Å². The van der Waals surface area contributed by atoms with Gasteiger partial charge in [0.2, 0.25) is 0 Å². The van der Waals surface area contributed by atoms with E-state index in [1.165, 1.54) is 122 Å². The lowest BCUT2D eigenvalue weighted by atomic mass is 9.46. The Morgan fingerprint density at radius 1 is 0.667 bits per heavy atom. The predicted molar refractivity (Wildman–Crippen MR) is 141 cm³/mol. The maximum Gasteiger partial charge on any atom is 0.310 e. The van der Waals surface area contributed by atoms with Crippen LogP contribution >= 0.6 is 0 Å². The van der Waals surface area contributed by atoms with Crippen molar-refractivity contribution in [2.75, 3.05) is 0 Å². The highest BCUT2D eigenvalue weighted by molar-refractivity contribution is 5.76. The topological polar surface area (TPSA) is 37.3 Å². The zero-order valence-corrected chi connectivity index (χ0v) is 22.4. The first-order valence-corrected chi connectivity index (χ1v) is 15.3. The quantitative estimate of drug-likeness (QED) is 0.277. The molecule has 3 aliphatic rings. The van der Waals surface area contributed by atoms with Crippen molar-refractivity contribution in [2.45, 2.75) is 168 Å². The number of rotatable bonds is 13. The summed E-state index contributed by atoms with van der Waals surface area (Å²) in [5.74, 6) is 0.470. The summed E-state index contributed by atoms with van der Waals surface area (Å²) in [6.45, 7) is 4.59. The fourth-order valence-corrected chi connectivity index (χ4v) is 8.67. The largest absolute Gasteiger partial charge is 0.481 e. The molecule has 0 amide bonds. The van der Waals surface area contributed by atoms with Crippen LogP contribution in [0.15, 0.2) is 0 Å². The maximum atomic E-state index is 12.9. The molecule has 3 fully saturated rings. The summed E-state index contributed by atoms with van der Waals surface area (Å²) in [6, 6.07) is 0. The summed E-state index contributed by atoms with van der Waals surface area (Å²) in [5, 5.41) is 10.6. The van der Waals surface area contributed by atoms with Crippen molar-refractivity contribution in [3.05, 3.63) is 0 Å². The van der Waals surface area contributed by atoms with Crippen LogP contribution in [0, 0.1) is 22.2 Å². The zero-order chi connectivity index (χ0) is 23.6. The van der Waals surface area contributed by atoms with Crippen molar-refractivity contribution in [3.63, 3.8) is 0 Å². The Morgan fingerprint density at radius 3 is 1.85 bits per heavy atom. The van der Waals surface area contributed by atoms with Crippen molar-refractivity contribution < 1.29 is 9.90 Å². The molecule has 33 heavy (non-hydrogen) atoms. The molecular weight excluding hydrogens is 404 g/mol. The zero-order valence-electron chi connectivity index (χ0n) is 22.4. The van der Waals surface area contributed by atoms with E-state index < -0.39 is 11.4 Å². The molecule has 0 aliphatic heterocycles. The van der Waals surface area contributed by atoms with Gasteiger partial charge in [0.1, 0.15) is 0 Å². The predicted octanol–water partition coefficient (Wildman–Crippen LogP) is 10.1. The van der Waals surface area contributed by atoms with Gasteiger partial charge in [-0.05, 0) is 81.0 Å². The molecule has 1 N–H and O–H groups in total. The van der Waals surface area contributed by atoms with Crippen LogP contribution in [0.4, 0.5) is 0 Å². The van der Waals surface area contributed by atoms with Gasteiger partial charge in [-0.1, -0.05) is 104 Å². The van der Waals surface area contributed by atoms with Crippen molar-refractivity contribution in [2.24, 2.45) is 22.2 Å². The average molecular weight is 461 g/mol. The van der Waals surface area contributed by atoms with Crippen LogP contribution in [0.25, 0.3) is 0 Å². The van der Waals surface area contributed by atoms with Crippen molar-refractivity contribution in [1.82, 2.24) is 0 Å². The van der Waals surface area contributed by atoms with E-state index in [9.17, 15) is 9.90 Å². The first-order valence-electron chi connectivity index (χ1n) is 15.3. The van der Waals surface area contributed by atoms with E-state index in [1.807, 2.05) is 0 Å². The van der Waals surface area contributed by atoms with Crippen LogP contribution in [0.5, 0.6) is 0 Å². The molecule has 3 rings (SSSR count). The first kappa shape index (κ1) is 27.1. The van der Waals surface area contributed by atoms with Crippen LogP contribution < -0.4 is 0 Å². The minimum Gasteiger partial charge on any atom is -0.481 e. The summed E-state index contributed by atoms with van der Waals surface area (Å²) in [5.41, 5.74) is 0.156. The van der Waals surface area contributed by atoms with Gasteiger partial charge < -0.3 is 5.11 Å². The lowest BCUT2D eigenvalue weighted by Gasteiger charge is -2.58. The SMILES string of the molecule is CCCCCCCCC1(C2CCCCC2)CCC(CCCC)(C2(C(=O)O)CCCCC2)CC1. The van der Waals surface area contributed by atoms with Gasteiger partial charge in [-0.15, -0.1) is 0 Å². The van der Waals surface area contributed by atoms with Gasteiger partial charge in [-0.3, -0.25) is 4.79 Å². The first-order chi connectivity index (χ1) is 16.0. The summed E-state index contributed by atoms with van der Waals surface area (Å²) in [7, 11) is 0. The Labute approximate surface area is 206 Å².